The smallest absolute Gasteiger partial charge is 0.163 e. The van der Waals surface area contributed by atoms with Crippen molar-refractivity contribution in [3.8, 4) is 70.0 Å². The molecule has 3 fully saturated rings. The normalized spacial score (nSPS) is 14.4. The van der Waals surface area contributed by atoms with E-state index in [4.69, 9.17) is 112 Å². The monoisotopic (exact) mass is 1590 g/mol. The zero-order valence-electron chi connectivity index (χ0n) is 61.8. The van der Waals surface area contributed by atoms with Gasteiger partial charge in [-0.05, 0) is 76.8 Å². The van der Waals surface area contributed by atoms with Crippen molar-refractivity contribution in [3.63, 3.8) is 0 Å². The van der Waals surface area contributed by atoms with E-state index < -0.39 is 0 Å². The lowest BCUT2D eigenvalue weighted by atomic mass is 10.1. The fourth-order valence-corrected chi connectivity index (χ4v) is 14.0. The molecule has 30 heteroatoms. The van der Waals surface area contributed by atoms with Gasteiger partial charge in [-0.1, -0.05) is 69.6 Å². The minimum atomic E-state index is 0.357. The average Bonchev–Trinajstić information content (AvgIpc) is 0.785. The molecule has 24 nitrogen and oxygen atoms in total. The lowest BCUT2D eigenvalue weighted by Gasteiger charge is -2.32. The summed E-state index contributed by atoms with van der Waals surface area (Å²) in [4.78, 5) is 27.9. The van der Waals surface area contributed by atoms with Crippen molar-refractivity contribution in [2.24, 2.45) is 0 Å². The maximum absolute atomic E-state index is 9.75. The maximum atomic E-state index is 9.75. The van der Waals surface area contributed by atoms with Gasteiger partial charge in [0.1, 0.15) is 35.5 Å². The molecule has 3 aliphatic rings. The van der Waals surface area contributed by atoms with Crippen molar-refractivity contribution < 1.29 is 42.6 Å². The molecular formula is C78H87Cl6N15O9. The van der Waals surface area contributed by atoms with Gasteiger partial charge >= 0.3 is 0 Å². The van der Waals surface area contributed by atoms with Crippen molar-refractivity contribution >= 4 is 136 Å². The molecule has 9 aromatic rings. The number of hydrogen-bond acceptors (Lipinski definition) is 24. The van der Waals surface area contributed by atoms with Crippen LogP contribution in [0.25, 0.3) is 32.7 Å². The number of pyridine rings is 3. The number of aromatic nitrogens is 3. The summed E-state index contributed by atoms with van der Waals surface area (Å²) < 4.78 is 51.1. The van der Waals surface area contributed by atoms with Crippen LogP contribution >= 0.6 is 69.6 Å². The van der Waals surface area contributed by atoms with E-state index in [2.05, 4.69) is 99.7 Å². The molecule has 12 rings (SSSR count). The van der Waals surface area contributed by atoms with Gasteiger partial charge in [0, 0.05) is 169 Å². The Balaban J connectivity index is 0.000000173. The molecule has 0 radical (unpaired) electrons. The molecule has 3 aromatic heterocycles. The van der Waals surface area contributed by atoms with Gasteiger partial charge in [-0.3, -0.25) is 15.0 Å². The van der Waals surface area contributed by atoms with Crippen LogP contribution in [0.4, 0.5) is 34.1 Å². The summed E-state index contributed by atoms with van der Waals surface area (Å²) in [5.41, 5.74) is 6.33. The molecule has 3 N–H and O–H groups in total. The number of fused-ring (bicyclic) bond motifs is 3. The Morgan fingerprint density at radius 3 is 0.815 bits per heavy atom. The quantitative estimate of drug-likeness (QED) is 0.0405. The first-order chi connectivity index (χ1) is 52.3. The number of hydrogen-bond donors (Lipinski definition) is 3. The first-order valence-electron chi connectivity index (χ1n) is 35.0. The van der Waals surface area contributed by atoms with Gasteiger partial charge in [-0.15, -0.1) is 0 Å². The molecule has 6 aromatic carbocycles. The van der Waals surface area contributed by atoms with Crippen LogP contribution in [-0.4, -0.2) is 226 Å². The van der Waals surface area contributed by atoms with Gasteiger partial charge in [0.2, 0.25) is 0 Å². The predicted octanol–water partition coefficient (Wildman–Crippen LogP) is 15.6. The highest BCUT2D eigenvalue weighted by Crippen LogP contribution is 2.45. The summed E-state index contributed by atoms with van der Waals surface area (Å²) in [6.07, 6.45) is 7.31. The summed E-state index contributed by atoms with van der Waals surface area (Å²) in [7, 11) is 15.8. The number of nitrogens with zero attached hydrogens (tertiary/aromatic N) is 12. The summed E-state index contributed by atoms with van der Waals surface area (Å²) in [5.74, 6) is 4.89. The molecule has 0 aliphatic carbocycles. The zero-order chi connectivity index (χ0) is 77.0. The molecule has 570 valence electrons. The van der Waals surface area contributed by atoms with E-state index in [1.807, 2.05) is 36.4 Å². The number of methoxy groups -OCH3 is 6. The SMILES string of the molecule is COc1cc(Nc2c(C#N)cnc3cc(OCCCN4CCN(C)CC4)c(OC)cc23)c(Cl)cc1Cl.COc1cc(Nc2c(C#N)cnc3cc(OCCCN4CCN(C)CC4)c(OC)cc23)c(Cl)cc1Cl.COc1cc(Nc2c(C#N)cnc3cc(OCCCN4CCN(C)CC4)c(OC)cc23)c(Cl)cc1Cl. The number of benzene rings is 6. The van der Waals surface area contributed by atoms with Gasteiger partial charge in [0.05, 0.1) is 160 Å². The number of rotatable bonds is 27. The molecule has 0 atom stereocenters. The Hall–Kier alpha value is -8.88. The number of halogens is 6. The third-order valence-electron chi connectivity index (χ3n) is 18.7. The fourth-order valence-electron chi connectivity index (χ4n) is 12.4. The van der Waals surface area contributed by atoms with Crippen molar-refractivity contribution in [1.29, 1.82) is 15.8 Å². The molecular weight excluding hydrogens is 1500 g/mol. The lowest BCUT2D eigenvalue weighted by molar-refractivity contribution is 0.145. The third-order valence-corrected chi connectivity index (χ3v) is 20.6. The molecule has 6 heterocycles. The minimum Gasteiger partial charge on any atom is -0.495 e. The van der Waals surface area contributed by atoms with Crippen LogP contribution in [-0.2, 0) is 0 Å². The summed E-state index contributed by atoms with van der Waals surface area (Å²) in [6, 6.07) is 27.4. The maximum Gasteiger partial charge on any atom is 0.163 e. The van der Waals surface area contributed by atoms with Gasteiger partial charge in [0.15, 0.2) is 34.5 Å². The van der Waals surface area contributed by atoms with Crippen LogP contribution in [0.2, 0.25) is 30.1 Å². The van der Waals surface area contributed by atoms with E-state index in [0.29, 0.717) is 185 Å². The minimum absolute atomic E-state index is 0.357. The molecule has 0 spiro atoms. The van der Waals surface area contributed by atoms with Crippen molar-refractivity contribution in [2.75, 3.05) is 198 Å². The summed E-state index contributed by atoms with van der Waals surface area (Å²) in [5, 5.41) is 43.5. The van der Waals surface area contributed by atoms with E-state index in [-0.39, 0.29) is 0 Å². The van der Waals surface area contributed by atoms with Crippen molar-refractivity contribution in [2.45, 2.75) is 19.3 Å². The highest BCUT2D eigenvalue weighted by atomic mass is 35.5. The molecule has 0 unspecified atom stereocenters. The average molecular weight is 1590 g/mol. The summed E-state index contributed by atoms with van der Waals surface area (Å²) >= 11 is 37.8. The Kier molecular flexibility index (Phi) is 29.8. The Morgan fingerprint density at radius 1 is 0.333 bits per heavy atom. The highest BCUT2D eigenvalue weighted by Gasteiger charge is 2.23. The van der Waals surface area contributed by atoms with E-state index in [9.17, 15) is 15.8 Å². The molecule has 3 aliphatic heterocycles. The number of piperazine rings is 3. The number of ether oxygens (including phenoxy) is 9. The number of nitrogens with one attached hydrogen (secondary N) is 3. The van der Waals surface area contributed by atoms with Crippen LogP contribution < -0.4 is 58.6 Å². The Morgan fingerprint density at radius 2 is 0.583 bits per heavy atom. The zero-order valence-corrected chi connectivity index (χ0v) is 66.4. The van der Waals surface area contributed by atoms with Crippen LogP contribution in [0.5, 0.6) is 51.7 Å². The molecule has 108 heavy (non-hydrogen) atoms. The molecule has 0 amide bonds. The molecule has 3 saturated heterocycles. The Labute approximate surface area is 660 Å². The van der Waals surface area contributed by atoms with Crippen LogP contribution in [0, 0.1) is 34.0 Å². The van der Waals surface area contributed by atoms with Crippen molar-refractivity contribution in [1.82, 2.24) is 44.4 Å². The number of nitriles is 3. The lowest BCUT2D eigenvalue weighted by Crippen LogP contribution is -2.44. The van der Waals surface area contributed by atoms with Crippen LogP contribution in [0.1, 0.15) is 36.0 Å². The van der Waals surface area contributed by atoms with Crippen molar-refractivity contribution in [3.05, 3.63) is 138 Å². The predicted molar refractivity (Wildman–Crippen MR) is 430 cm³/mol. The molecule has 0 saturated carbocycles. The topological polar surface area (TPSA) is 249 Å². The van der Waals surface area contributed by atoms with E-state index in [0.717, 1.165) is 117 Å². The van der Waals surface area contributed by atoms with E-state index >= 15 is 0 Å². The number of anilines is 6. The van der Waals surface area contributed by atoms with Gasteiger partial charge in [-0.25, -0.2) is 0 Å². The second kappa shape index (κ2) is 39.5. The highest BCUT2D eigenvalue weighted by molar-refractivity contribution is 6.39. The van der Waals surface area contributed by atoms with Gasteiger partial charge in [-0.2, -0.15) is 15.8 Å². The second-order valence-corrected chi connectivity index (χ2v) is 28.3. The first kappa shape index (κ1) is 81.6. The van der Waals surface area contributed by atoms with Gasteiger partial charge < -0.3 is 88.0 Å². The third kappa shape index (κ3) is 20.9. The van der Waals surface area contributed by atoms with Crippen LogP contribution in [0.15, 0.2) is 91.4 Å². The van der Waals surface area contributed by atoms with E-state index in [1.165, 1.54) is 39.9 Å². The molecule has 0 bridgehead atoms. The Bertz CT molecular complexity index is 4290. The van der Waals surface area contributed by atoms with E-state index in [1.54, 1.807) is 57.7 Å². The largest absolute Gasteiger partial charge is 0.495 e. The van der Waals surface area contributed by atoms with Crippen LogP contribution in [0.3, 0.4) is 0 Å². The number of likely N-dealkylation sites (N-methyl/N-ethyl adjacent to an activating group) is 3. The first-order valence-corrected chi connectivity index (χ1v) is 37.3. The fraction of sp³-hybridized carbons (Fsp3) is 0.385. The van der Waals surface area contributed by atoms with Gasteiger partial charge in [0.25, 0.3) is 0 Å². The second-order valence-electron chi connectivity index (χ2n) is 25.9. The standard InChI is InChI=1S/3C26H29Cl2N5O3/c3*1-32-6-8-33(9-7-32)5-4-10-36-25-13-21-18(11-24(25)35-3)26(17(15-29)16-30-21)31-22-14-23(34-2)20(28)12-19(22)27/h3*11-14,16H,4-10H2,1-3H3,(H,30,31). The summed E-state index contributed by atoms with van der Waals surface area (Å²) in [6.45, 7) is 17.8.